The van der Waals surface area contributed by atoms with Crippen molar-refractivity contribution in [3.8, 4) is 5.75 Å². The monoisotopic (exact) mass is 289 g/mol. The Morgan fingerprint density at radius 3 is 3.05 bits per heavy atom. The smallest absolute Gasteiger partial charge is 0.157 e. The summed E-state index contributed by atoms with van der Waals surface area (Å²) in [6.07, 6.45) is 1.75. The first kappa shape index (κ1) is 12.3. The van der Waals surface area contributed by atoms with Crippen molar-refractivity contribution in [2.45, 2.75) is 9.37 Å². The van der Waals surface area contributed by atoms with Crippen molar-refractivity contribution in [3.05, 3.63) is 36.5 Å². The van der Waals surface area contributed by atoms with E-state index in [1.54, 1.807) is 24.6 Å². The van der Waals surface area contributed by atoms with E-state index in [0.717, 1.165) is 31.0 Å². The number of rotatable bonds is 3. The topological polar surface area (TPSA) is 61.0 Å². The normalized spacial score (nSPS) is 10.8. The van der Waals surface area contributed by atoms with Crippen molar-refractivity contribution in [2.75, 3.05) is 12.8 Å². The number of nitrogen functional groups attached to an aromatic ring is 1. The zero-order valence-electron chi connectivity index (χ0n) is 10.2. The molecule has 0 aliphatic rings. The SMILES string of the molecule is COc1cccnc1Sc1nc2ccc(N)cc2s1. The molecule has 0 aliphatic carbocycles. The van der Waals surface area contributed by atoms with Crippen LogP contribution in [0.4, 0.5) is 5.69 Å². The van der Waals surface area contributed by atoms with E-state index in [4.69, 9.17) is 10.5 Å². The van der Waals surface area contributed by atoms with Crippen LogP contribution in [0.5, 0.6) is 5.75 Å². The first-order chi connectivity index (χ1) is 9.26. The summed E-state index contributed by atoms with van der Waals surface area (Å²) in [5.41, 5.74) is 7.48. The number of pyridine rings is 1. The van der Waals surface area contributed by atoms with E-state index in [-0.39, 0.29) is 0 Å². The van der Waals surface area contributed by atoms with E-state index < -0.39 is 0 Å². The number of anilines is 1. The number of nitrogens with zero attached hydrogens (tertiary/aromatic N) is 2. The molecule has 3 rings (SSSR count). The zero-order chi connectivity index (χ0) is 13.2. The van der Waals surface area contributed by atoms with Crippen LogP contribution in [0.25, 0.3) is 10.2 Å². The molecule has 0 saturated heterocycles. The second-order valence-corrected chi connectivity index (χ2v) is 6.09. The fourth-order valence-electron chi connectivity index (χ4n) is 1.65. The van der Waals surface area contributed by atoms with Gasteiger partial charge in [-0.1, -0.05) is 0 Å². The van der Waals surface area contributed by atoms with Crippen molar-refractivity contribution in [3.63, 3.8) is 0 Å². The fourth-order valence-corrected chi connectivity index (χ4v) is 3.75. The molecule has 4 nitrogen and oxygen atoms in total. The number of thiazole rings is 1. The molecular weight excluding hydrogens is 278 g/mol. The first-order valence-corrected chi connectivity index (χ1v) is 7.22. The van der Waals surface area contributed by atoms with Crippen LogP contribution in [0.3, 0.4) is 0 Å². The van der Waals surface area contributed by atoms with Crippen LogP contribution in [-0.4, -0.2) is 17.1 Å². The average Bonchev–Trinajstić information content (AvgIpc) is 2.80. The number of hydrogen-bond acceptors (Lipinski definition) is 6. The van der Waals surface area contributed by atoms with Gasteiger partial charge in [0.2, 0.25) is 0 Å². The van der Waals surface area contributed by atoms with Gasteiger partial charge >= 0.3 is 0 Å². The molecule has 0 amide bonds. The van der Waals surface area contributed by atoms with Gasteiger partial charge in [0.05, 0.1) is 17.3 Å². The Balaban J connectivity index is 1.96. The Labute approximate surface area is 118 Å². The van der Waals surface area contributed by atoms with Crippen molar-refractivity contribution in [1.82, 2.24) is 9.97 Å². The average molecular weight is 289 g/mol. The maximum absolute atomic E-state index is 5.77. The Kier molecular flexibility index (Phi) is 3.27. The van der Waals surface area contributed by atoms with Crippen LogP contribution in [0.15, 0.2) is 45.9 Å². The quantitative estimate of drug-likeness (QED) is 0.748. The summed E-state index contributed by atoms with van der Waals surface area (Å²) in [4.78, 5) is 8.87. The molecular formula is C13H11N3OS2. The van der Waals surface area contributed by atoms with E-state index in [1.807, 2.05) is 30.3 Å². The van der Waals surface area contributed by atoms with Crippen LogP contribution in [-0.2, 0) is 0 Å². The summed E-state index contributed by atoms with van der Waals surface area (Å²) < 4.78 is 7.29. The summed E-state index contributed by atoms with van der Waals surface area (Å²) in [6, 6.07) is 9.47. The van der Waals surface area contributed by atoms with Crippen LogP contribution in [0.2, 0.25) is 0 Å². The molecule has 3 aromatic rings. The molecule has 96 valence electrons. The summed E-state index contributed by atoms with van der Waals surface area (Å²) in [7, 11) is 1.64. The molecule has 6 heteroatoms. The van der Waals surface area contributed by atoms with Crippen molar-refractivity contribution >= 4 is 39.0 Å². The van der Waals surface area contributed by atoms with Gasteiger partial charge in [-0.15, -0.1) is 11.3 Å². The van der Waals surface area contributed by atoms with Gasteiger partial charge in [-0.25, -0.2) is 9.97 Å². The number of fused-ring (bicyclic) bond motifs is 1. The van der Waals surface area contributed by atoms with Gasteiger partial charge in [0.1, 0.15) is 5.03 Å². The third-order valence-corrected chi connectivity index (χ3v) is 4.61. The molecule has 0 aliphatic heterocycles. The first-order valence-electron chi connectivity index (χ1n) is 5.59. The van der Waals surface area contributed by atoms with E-state index in [2.05, 4.69) is 9.97 Å². The summed E-state index contributed by atoms with van der Waals surface area (Å²) in [5, 5.41) is 0.817. The third kappa shape index (κ3) is 2.50. The summed E-state index contributed by atoms with van der Waals surface area (Å²) in [5.74, 6) is 0.756. The number of hydrogen-bond donors (Lipinski definition) is 1. The third-order valence-electron chi connectivity index (χ3n) is 2.53. The molecule has 1 aromatic carbocycles. The van der Waals surface area contributed by atoms with E-state index >= 15 is 0 Å². The van der Waals surface area contributed by atoms with Gasteiger partial charge < -0.3 is 10.5 Å². The minimum Gasteiger partial charge on any atom is -0.494 e. The predicted molar refractivity (Wildman–Crippen MR) is 78.9 cm³/mol. The Bertz CT molecular complexity index is 727. The van der Waals surface area contributed by atoms with Crippen molar-refractivity contribution < 1.29 is 4.74 Å². The minimum atomic E-state index is 0.753. The van der Waals surface area contributed by atoms with Crippen molar-refractivity contribution in [2.24, 2.45) is 0 Å². The summed E-state index contributed by atoms with van der Waals surface area (Å²) >= 11 is 3.10. The molecule has 0 unspecified atom stereocenters. The molecule has 2 heterocycles. The van der Waals surface area contributed by atoms with Gasteiger partial charge in [-0.2, -0.15) is 0 Å². The second kappa shape index (κ2) is 5.07. The van der Waals surface area contributed by atoms with Crippen LogP contribution < -0.4 is 10.5 Å². The highest BCUT2D eigenvalue weighted by Crippen LogP contribution is 2.37. The minimum absolute atomic E-state index is 0.753. The van der Waals surface area contributed by atoms with E-state index in [9.17, 15) is 0 Å². The van der Waals surface area contributed by atoms with E-state index in [0.29, 0.717) is 0 Å². The Morgan fingerprint density at radius 1 is 1.32 bits per heavy atom. The van der Waals surface area contributed by atoms with Gasteiger partial charge in [0.25, 0.3) is 0 Å². The highest BCUT2D eigenvalue weighted by molar-refractivity contribution is 8.01. The number of methoxy groups -OCH3 is 1. The molecule has 0 atom stereocenters. The lowest BCUT2D eigenvalue weighted by atomic mass is 10.3. The van der Waals surface area contributed by atoms with Crippen LogP contribution in [0.1, 0.15) is 0 Å². The second-order valence-electron chi connectivity index (χ2n) is 3.82. The maximum atomic E-state index is 5.77. The van der Waals surface area contributed by atoms with Crippen LogP contribution >= 0.6 is 23.1 Å². The van der Waals surface area contributed by atoms with Gasteiger partial charge in [0, 0.05) is 11.9 Å². The molecule has 0 spiro atoms. The summed E-state index contributed by atoms with van der Waals surface area (Å²) in [6.45, 7) is 0. The lowest BCUT2D eigenvalue weighted by Gasteiger charge is -2.03. The molecule has 0 bridgehead atoms. The number of ether oxygens (including phenoxy) is 1. The largest absolute Gasteiger partial charge is 0.494 e. The van der Waals surface area contributed by atoms with Gasteiger partial charge in [-0.3, -0.25) is 0 Å². The van der Waals surface area contributed by atoms with E-state index in [1.165, 1.54) is 11.8 Å². The molecule has 0 saturated carbocycles. The van der Waals surface area contributed by atoms with Gasteiger partial charge in [-0.05, 0) is 42.1 Å². The molecule has 0 fully saturated rings. The lowest BCUT2D eigenvalue weighted by molar-refractivity contribution is 0.401. The molecule has 19 heavy (non-hydrogen) atoms. The molecule has 2 aromatic heterocycles. The molecule has 2 N–H and O–H groups in total. The highest BCUT2D eigenvalue weighted by Gasteiger charge is 2.10. The number of aromatic nitrogens is 2. The number of nitrogens with two attached hydrogens (primary N) is 1. The number of benzene rings is 1. The molecule has 0 radical (unpaired) electrons. The zero-order valence-corrected chi connectivity index (χ0v) is 11.8. The predicted octanol–water partition coefficient (Wildman–Crippen LogP) is 3.43. The Morgan fingerprint density at radius 2 is 2.21 bits per heavy atom. The Hall–Kier alpha value is -1.79. The standard InChI is InChI=1S/C13H11N3OS2/c1-17-10-3-2-6-15-12(10)19-13-16-9-5-4-8(14)7-11(9)18-13/h2-7H,14H2,1H3. The lowest BCUT2D eigenvalue weighted by Crippen LogP contribution is -1.88. The van der Waals surface area contributed by atoms with Crippen molar-refractivity contribution in [1.29, 1.82) is 0 Å². The highest BCUT2D eigenvalue weighted by atomic mass is 32.2. The fraction of sp³-hybridized carbons (Fsp3) is 0.0769. The van der Waals surface area contributed by atoms with Crippen LogP contribution in [0, 0.1) is 0 Å². The van der Waals surface area contributed by atoms with Gasteiger partial charge in [0.15, 0.2) is 10.1 Å². The maximum Gasteiger partial charge on any atom is 0.157 e.